The van der Waals surface area contributed by atoms with Crippen LogP contribution in [0.2, 0.25) is 0 Å². The second-order valence-electron chi connectivity index (χ2n) is 14.5. The number of nitrogens with zero attached hydrogens (tertiary/aromatic N) is 1. The maximum absolute atomic E-state index is 6.38. The molecule has 2 nitrogen and oxygen atoms in total. The van der Waals surface area contributed by atoms with Gasteiger partial charge in [0.15, 0.2) is 0 Å². The van der Waals surface area contributed by atoms with E-state index in [0.717, 1.165) is 21.9 Å². The van der Waals surface area contributed by atoms with Crippen LogP contribution in [0.15, 0.2) is 192 Å². The summed E-state index contributed by atoms with van der Waals surface area (Å²) < 4.78 is 8.79. The summed E-state index contributed by atoms with van der Waals surface area (Å²) in [4.78, 5) is 0. The zero-order valence-corrected chi connectivity index (χ0v) is 29.3. The molecule has 12 rings (SSSR count). The smallest absolute Gasteiger partial charge is 0.135 e. The lowest BCUT2D eigenvalue weighted by Crippen LogP contribution is -1.93. The molecule has 0 aliphatic heterocycles. The van der Waals surface area contributed by atoms with Crippen molar-refractivity contribution < 1.29 is 4.42 Å². The molecule has 0 amide bonds. The Labute approximate surface area is 310 Å². The van der Waals surface area contributed by atoms with Gasteiger partial charge in [0.05, 0.1) is 11.0 Å². The van der Waals surface area contributed by atoms with E-state index < -0.39 is 0 Å². The van der Waals surface area contributed by atoms with Crippen molar-refractivity contribution in [2.45, 2.75) is 0 Å². The highest BCUT2D eigenvalue weighted by Gasteiger charge is 2.17. The van der Waals surface area contributed by atoms with Crippen LogP contribution >= 0.6 is 0 Å². The largest absolute Gasteiger partial charge is 0.456 e. The molecule has 12 aromatic rings. The van der Waals surface area contributed by atoms with E-state index in [1.165, 1.54) is 92.8 Å². The fraction of sp³-hybridized carbons (Fsp3) is 0. The first-order chi connectivity index (χ1) is 26.7. The molecular weight excluding hydrogens is 655 g/mol. The van der Waals surface area contributed by atoms with E-state index in [9.17, 15) is 0 Å². The molecule has 0 radical (unpaired) electrons. The number of hydrogen-bond donors (Lipinski definition) is 0. The molecule has 54 heavy (non-hydrogen) atoms. The van der Waals surface area contributed by atoms with Gasteiger partial charge in [0.2, 0.25) is 0 Å². The Bertz CT molecular complexity index is 3490. The highest BCUT2D eigenvalue weighted by Crippen LogP contribution is 2.43. The maximum atomic E-state index is 6.38. The van der Waals surface area contributed by atoms with Gasteiger partial charge in [0, 0.05) is 27.2 Å². The molecule has 2 aromatic heterocycles. The van der Waals surface area contributed by atoms with Gasteiger partial charge in [-0.2, -0.15) is 0 Å². The Hall–Kier alpha value is -7.16. The van der Waals surface area contributed by atoms with Crippen LogP contribution in [0.5, 0.6) is 0 Å². The summed E-state index contributed by atoms with van der Waals surface area (Å²) in [6, 6.07) is 68.7. The first-order valence-electron chi connectivity index (χ1n) is 18.6. The van der Waals surface area contributed by atoms with Crippen LogP contribution in [-0.4, -0.2) is 4.57 Å². The van der Waals surface area contributed by atoms with Crippen LogP contribution in [-0.2, 0) is 0 Å². The second-order valence-corrected chi connectivity index (χ2v) is 14.5. The molecule has 0 atom stereocenters. The summed E-state index contributed by atoms with van der Waals surface area (Å²) in [5.74, 6) is 0. The predicted molar refractivity (Wildman–Crippen MR) is 229 cm³/mol. The van der Waals surface area contributed by atoms with Crippen molar-refractivity contribution in [3.8, 4) is 27.9 Å². The third kappa shape index (κ3) is 4.28. The van der Waals surface area contributed by atoms with E-state index in [1.807, 2.05) is 0 Å². The fourth-order valence-corrected chi connectivity index (χ4v) is 8.96. The van der Waals surface area contributed by atoms with Crippen LogP contribution < -0.4 is 0 Å². The summed E-state index contributed by atoms with van der Waals surface area (Å²) in [6.07, 6.45) is 0. The summed E-state index contributed by atoms with van der Waals surface area (Å²) >= 11 is 0. The SMILES string of the molecule is c1ccc(-n2c3ccccc3c3cc4c5ccccc5c5cc(-c6ccc7oc8ccc(-c9ccc%10ccccc%10c9)cc8c7c6)ccc5c4cc32)cc1. The third-order valence-electron chi connectivity index (χ3n) is 11.5. The van der Waals surface area contributed by atoms with Crippen molar-refractivity contribution in [3.05, 3.63) is 188 Å². The Morgan fingerprint density at radius 1 is 0.278 bits per heavy atom. The number of fused-ring (bicyclic) bond motifs is 13. The van der Waals surface area contributed by atoms with Crippen LogP contribution in [0.1, 0.15) is 0 Å². The summed E-state index contributed by atoms with van der Waals surface area (Å²) in [6.45, 7) is 0. The molecule has 250 valence electrons. The minimum absolute atomic E-state index is 0.902. The molecule has 0 N–H and O–H groups in total. The topological polar surface area (TPSA) is 18.1 Å². The van der Waals surface area contributed by atoms with Gasteiger partial charge in [-0.3, -0.25) is 0 Å². The Morgan fingerprint density at radius 3 is 1.54 bits per heavy atom. The normalized spacial score (nSPS) is 12.1. The molecule has 0 fully saturated rings. The molecule has 0 spiro atoms. The Balaban J connectivity index is 1.06. The zero-order valence-electron chi connectivity index (χ0n) is 29.3. The van der Waals surface area contributed by atoms with Gasteiger partial charge in [0.25, 0.3) is 0 Å². The molecule has 2 heterocycles. The summed E-state index contributed by atoms with van der Waals surface area (Å²) in [7, 11) is 0. The lowest BCUT2D eigenvalue weighted by Gasteiger charge is -2.14. The van der Waals surface area contributed by atoms with Crippen LogP contribution in [0.3, 0.4) is 0 Å². The van der Waals surface area contributed by atoms with Gasteiger partial charge in [-0.15, -0.1) is 0 Å². The minimum atomic E-state index is 0.902. The monoisotopic (exact) mass is 685 g/mol. The molecule has 10 aromatic carbocycles. The lowest BCUT2D eigenvalue weighted by atomic mass is 9.91. The summed E-state index contributed by atoms with van der Waals surface area (Å²) in [5, 5.41) is 14.9. The summed E-state index contributed by atoms with van der Waals surface area (Å²) in [5.41, 5.74) is 10.2. The van der Waals surface area contributed by atoms with E-state index in [4.69, 9.17) is 4.42 Å². The lowest BCUT2D eigenvalue weighted by molar-refractivity contribution is 0.669. The third-order valence-corrected chi connectivity index (χ3v) is 11.5. The van der Waals surface area contributed by atoms with Crippen molar-refractivity contribution >= 4 is 86.8 Å². The van der Waals surface area contributed by atoms with E-state index in [1.54, 1.807) is 0 Å². The van der Waals surface area contributed by atoms with Crippen LogP contribution in [0, 0.1) is 0 Å². The quantitative estimate of drug-likeness (QED) is 0.169. The van der Waals surface area contributed by atoms with Gasteiger partial charge >= 0.3 is 0 Å². The number of benzene rings is 10. The molecule has 0 saturated carbocycles. The van der Waals surface area contributed by atoms with Gasteiger partial charge in [-0.25, -0.2) is 0 Å². The highest BCUT2D eigenvalue weighted by molar-refractivity contribution is 6.29. The van der Waals surface area contributed by atoms with Gasteiger partial charge in [-0.05, 0) is 132 Å². The minimum Gasteiger partial charge on any atom is -0.456 e. The highest BCUT2D eigenvalue weighted by atomic mass is 16.3. The zero-order chi connectivity index (χ0) is 35.3. The second kappa shape index (κ2) is 11.2. The molecule has 0 aliphatic rings. The van der Waals surface area contributed by atoms with Gasteiger partial charge in [0.1, 0.15) is 11.2 Å². The van der Waals surface area contributed by atoms with Gasteiger partial charge < -0.3 is 8.98 Å². The van der Waals surface area contributed by atoms with Crippen molar-refractivity contribution in [3.63, 3.8) is 0 Å². The molecule has 0 unspecified atom stereocenters. The Kier molecular flexibility index (Phi) is 6.09. The molecular formula is C52H31NO. The van der Waals surface area contributed by atoms with Crippen LogP contribution in [0.4, 0.5) is 0 Å². The first kappa shape index (κ1) is 29.4. The number of aromatic nitrogens is 1. The van der Waals surface area contributed by atoms with Crippen molar-refractivity contribution in [2.75, 3.05) is 0 Å². The molecule has 2 heteroatoms. The molecule has 0 aliphatic carbocycles. The number of para-hydroxylation sites is 2. The fourth-order valence-electron chi connectivity index (χ4n) is 8.96. The van der Waals surface area contributed by atoms with Crippen molar-refractivity contribution in [1.29, 1.82) is 0 Å². The number of rotatable bonds is 3. The average molecular weight is 686 g/mol. The Morgan fingerprint density at radius 2 is 0.796 bits per heavy atom. The van der Waals surface area contributed by atoms with Crippen molar-refractivity contribution in [1.82, 2.24) is 4.57 Å². The molecule has 0 bridgehead atoms. The number of furan rings is 1. The first-order valence-corrected chi connectivity index (χ1v) is 18.6. The van der Waals surface area contributed by atoms with Crippen LogP contribution in [0.25, 0.3) is 115 Å². The maximum Gasteiger partial charge on any atom is 0.135 e. The van der Waals surface area contributed by atoms with Crippen molar-refractivity contribution in [2.24, 2.45) is 0 Å². The van der Waals surface area contributed by atoms with E-state index in [2.05, 4.69) is 193 Å². The number of hydrogen-bond acceptors (Lipinski definition) is 1. The average Bonchev–Trinajstić information content (AvgIpc) is 3.77. The standard InChI is InChI=1S/C52H31NO/c1-2-12-38(13-3-1)53-49-17-9-8-16-42(49)46-30-44-40-15-7-6-14-39(40)43-27-35(20-23-41(43)45(44)31-50(46)53)37-22-25-52-48(29-37)47-28-36(21-24-51(47)54-52)34-19-18-32-10-4-5-11-33(32)26-34/h1-31H. The predicted octanol–water partition coefficient (Wildman–Crippen LogP) is 14.6. The van der Waals surface area contributed by atoms with E-state index >= 15 is 0 Å². The van der Waals surface area contributed by atoms with E-state index in [-0.39, 0.29) is 0 Å². The van der Waals surface area contributed by atoms with E-state index in [0.29, 0.717) is 0 Å². The molecule has 0 saturated heterocycles. The van der Waals surface area contributed by atoms with Gasteiger partial charge in [-0.1, -0.05) is 121 Å².